The first-order valence-electron chi connectivity index (χ1n) is 6.03. The Morgan fingerprint density at radius 1 is 1.21 bits per heavy atom. The van der Waals surface area contributed by atoms with E-state index < -0.39 is 0 Å². The van der Waals surface area contributed by atoms with E-state index in [2.05, 4.69) is 4.98 Å². The quantitative estimate of drug-likeness (QED) is 0.697. The molecule has 2 aromatic heterocycles. The number of imidazole rings is 1. The van der Waals surface area contributed by atoms with Gasteiger partial charge in [-0.05, 0) is 0 Å². The number of alkyl halides is 1. The molecule has 0 aromatic carbocycles. The van der Waals surface area contributed by atoms with Crippen molar-refractivity contribution >= 4 is 28.7 Å². The Labute approximate surface area is 113 Å². The third kappa shape index (κ3) is 1.54. The predicted octanol–water partition coefficient (Wildman–Crippen LogP) is -0.508. The van der Waals surface area contributed by atoms with Crippen LogP contribution in [0.15, 0.2) is 9.59 Å². The molecule has 3 rings (SSSR count). The van der Waals surface area contributed by atoms with Crippen LogP contribution in [0.2, 0.25) is 0 Å². The van der Waals surface area contributed by atoms with Crippen LogP contribution in [0.3, 0.4) is 0 Å². The molecule has 0 N–H and O–H groups in total. The lowest BCUT2D eigenvalue weighted by Gasteiger charge is -2.12. The van der Waals surface area contributed by atoms with Crippen molar-refractivity contribution in [1.82, 2.24) is 18.7 Å². The zero-order valence-electron chi connectivity index (χ0n) is 10.8. The molecular formula is C11H14ClN5O2. The van der Waals surface area contributed by atoms with Crippen LogP contribution >= 0.6 is 11.6 Å². The lowest BCUT2D eigenvalue weighted by atomic mass is 10.5. The van der Waals surface area contributed by atoms with Crippen LogP contribution in [0, 0.1) is 0 Å². The Hall–Kier alpha value is -1.76. The fourth-order valence-corrected chi connectivity index (χ4v) is 2.76. The first kappa shape index (κ1) is 12.3. The van der Waals surface area contributed by atoms with Gasteiger partial charge in [-0.3, -0.25) is 18.5 Å². The van der Waals surface area contributed by atoms with Crippen LogP contribution in [0.4, 0.5) is 5.95 Å². The van der Waals surface area contributed by atoms with Crippen molar-refractivity contribution in [2.75, 3.05) is 23.9 Å². The minimum atomic E-state index is -0.356. The molecule has 1 aliphatic heterocycles. The van der Waals surface area contributed by atoms with Gasteiger partial charge in [-0.25, -0.2) is 9.78 Å². The second-order valence-corrected chi connectivity index (χ2v) is 5.00. The summed E-state index contributed by atoms with van der Waals surface area (Å²) in [6, 6.07) is 0. The first-order chi connectivity index (χ1) is 9.06. The van der Waals surface area contributed by atoms with E-state index in [1.807, 2.05) is 9.47 Å². The summed E-state index contributed by atoms with van der Waals surface area (Å²) in [6.45, 7) is 2.19. The second-order valence-electron chi connectivity index (χ2n) is 4.62. The molecule has 0 atom stereocenters. The lowest BCUT2D eigenvalue weighted by molar-refractivity contribution is 0.687. The van der Waals surface area contributed by atoms with Crippen LogP contribution in [-0.2, 0) is 20.6 Å². The van der Waals surface area contributed by atoms with E-state index >= 15 is 0 Å². The Morgan fingerprint density at radius 2 is 1.95 bits per heavy atom. The molecule has 7 nitrogen and oxygen atoms in total. The smallest absolute Gasteiger partial charge is 0.332 e. The molecule has 0 fully saturated rings. The van der Waals surface area contributed by atoms with E-state index in [4.69, 9.17) is 11.6 Å². The summed E-state index contributed by atoms with van der Waals surface area (Å²) in [5.74, 6) is 1.22. The number of hydrogen-bond donors (Lipinski definition) is 0. The van der Waals surface area contributed by atoms with Crippen molar-refractivity contribution in [1.29, 1.82) is 0 Å². The Balaban J connectivity index is 2.37. The van der Waals surface area contributed by atoms with Crippen molar-refractivity contribution in [3.05, 3.63) is 20.8 Å². The van der Waals surface area contributed by atoms with E-state index in [-0.39, 0.29) is 11.2 Å². The lowest BCUT2D eigenvalue weighted by Crippen LogP contribution is -2.37. The van der Waals surface area contributed by atoms with E-state index in [9.17, 15) is 9.59 Å². The number of anilines is 1. The molecule has 0 radical (unpaired) electrons. The number of fused-ring (bicyclic) bond motifs is 3. The van der Waals surface area contributed by atoms with E-state index in [1.54, 1.807) is 7.05 Å². The zero-order valence-corrected chi connectivity index (χ0v) is 11.5. The zero-order chi connectivity index (χ0) is 13.7. The van der Waals surface area contributed by atoms with Crippen molar-refractivity contribution in [3.63, 3.8) is 0 Å². The van der Waals surface area contributed by atoms with Gasteiger partial charge >= 0.3 is 5.69 Å². The van der Waals surface area contributed by atoms with Crippen LogP contribution in [0.5, 0.6) is 0 Å². The molecule has 8 heteroatoms. The van der Waals surface area contributed by atoms with Gasteiger partial charge in [0, 0.05) is 39.6 Å². The maximum atomic E-state index is 12.1. The first-order valence-corrected chi connectivity index (χ1v) is 6.57. The summed E-state index contributed by atoms with van der Waals surface area (Å²) in [5.41, 5.74) is 0.223. The minimum absolute atomic E-state index is 0.332. The molecule has 0 saturated heterocycles. The van der Waals surface area contributed by atoms with Gasteiger partial charge in [-0.2, -0.15) is 0 Å². The number of aromatic nitrogens is 4. The van der Waals surface area contributed by atoms with E-state index in [0.717, 1.165) is 11.1 Å². The van der Waals surface area contributed by atoms with Crippen LogP contribution in [0.1, 0.15) is 0 Å². The third-order valence-electron chi connectivity index (χ3n) is 3.55. The highest BCUT2D eigenvalue weighted by molar-refractivity contribution is 6.18. The van der Waals surface area contributed by atoms with Crippen LogP contribution in [-0.4, -0.2) is 37.7 Å². The van der Waals surface area contributed by atoms with Crippen LogP contribution < -0.4 is 16.1 Å². The summed E-state index contributed by atoms with van der Waals surface area (Å²) in [4.78, 5) is 30.5. The van der Waals surface area contributed by atoms with Crippen molar-refractivity contribution < 1.29 is 0 Å². The topological polar surface area (TPSA) is 65.1 Å². The van der Waals surface area contributed by atoms with Gasteiger partial charge in [-0.1, -0.05) is 0 Å². The molecular weight excluding hydrogens is 270 g/mol. The van der Waals surface area contributed by atoms with Gasteiger partial charge in [0.25, 0.3) is 5.56 Å². The fraction of sp³-hybridized carbons (Fsp3) is 0.545. The maximum Gasteiger partial charge on any atom is 0.332 e. The molecule has 102 valence electrons. The summed E-state index contributed by atoms with van der Waals surface area (Å²) in [5, 5.41) is 0. The van der Waals surface area contributed by atoms with E-state index in [0.29, 0.717) is 36.1 Å². The van der Waals surface area contributed by atoms with E-state index in [1.165, 1.54) is 11.6 Å². The predicted molar refractivity (Wildman–Crippen MR) is 73.1 cm³/mol. The number of nitrogens with zero attached hydrogens (tertiary/aromatic N) is 5. The largest absolute Gasteiger partial charge is 0.339 e. The average Bonchev–Trinajstić information content (AvgIpc) is 2.94. The summed E-state index contributed by atoms with van der Waals surface area (Å²) in [6.07, 6.45) is 0. The normalized spacial score (nSPS) is 14.4. The highest BCUT2D eigenvalue weighted by Gasteiger charge is 2.26. The average molecular weight is 284 g/mol. The number of rotatable bonds is 2. The molecule has 0 unspecified atom stereocenters. The summed E-state index contributed by atoms with van der Waals surface area (Å²) in [7, 11) is 3.12. The van der Waals surface area contributed by atoms with Gasteiger partial charge < -0.3 is 4.90 Å². The standard InChI is InChI=1S/C11H14ClN5O2/c1-14-8-7(9(18)15(2)11(14)19)13-10-16(4-3-12)5-6-17(8)10/h3-6H2,1-2H3. The SMILES string of the molecule is Cn1c(=O)c2nc3n(c2n(C)c1=O)CCN3CCCl. The van der Waals surface area contributed by atoms with Crippen LogP contribution in [0.25, 0.3) is 11.2 Å². The molecule has 19 heavy (non-hydrogen) atoms. The summed E-state index contributed by atoms with van der Waals surface area (Å²) < 4.78 is 4.46. The van der Waals surface area contributed by atoms with Crippen molar-refractivity contribution in [2.24, 2.45) is 14.1 Å². The molecule has 3 heterocycles. The van der Waals surface area contributed by atoms with Crippen molar-refractivity contribution in [3.8, 4) is 0 Å². The Kier molecular flexibility index (Phi) is 2.67. The highest BCUT2D eigenvalue weighted by Crippen LogP contribution is 2.24. The van der Waals surface area contributed by atoms with Gasteiger partial charge in [-0.15, -0.1) is 11.6 Å². The van der Waals surface area contributed by atoms with Gasteiger partial charge in [0.05, 0.1) is 0 Å². The van der Waals surface area contributed by atoms with Gasteiger partial charge in [0.1, 0.15) is 0 Å². The molecule has 0 bridgehead atoms. The number of aryl methyl sites for hydroxylation is 1. The highest BCUT2D eigenvalue weighted by atomic mass is 35.5. The molecule has 0 aliphatic carbocycles. The number of hydrogen-bond acceptors (Lipinski definition) is 4. The summed E-state index contributed by atoms with van der Waals surface area (Å²) >= 11 is 5.76. The second kappa shape index (κ2) is 4.12. The Morgan fingerprint density at radius 3 is 2.63 bits per heavy atom. The van der Waals surface area contributed by atoms with Crippen molar-refractivity contribution in [2.45, 2.75) is 6.54 Å². The molecule has 0 spiro atoms. The maximum absolute atomic E-state index is 12.1. The minimum Gasteiger partial charge on any atom is -0.339 e. The molecule has 0 amide bonds. The molecule has 1 aliphatic rings. The number of halogens is 1. The fourth-order valence-electron chi connectivity index (χ4n) is 2.56. The third-order valence-corrected chi connectivity index (χ3v) is 3.72. The molecule has 0 saturated carbocycles. The van der Waals surface area contributed by atoms with Gasteiger partial charge in [0.2, 0.25) is 5.95 Å². The van der Waals surface area contributed by atoms with Gasteiger partial charge in [0.15, 0.2) is 11.2 Å². The molecule has 2 aromatic rings. The Bertz CT molecular complexity index is 772. The monoisotopic (exact) mass is 283 g/mol.